The van der Waals surface area contributed by atoms with Gasteiger partial charge in [-0.05, 0) is 5.56 Å². The van der Waals surface area contributed by atoms with Gasteiger partial charge in [0, 0.05) is 0 Å². The maximum Gasteiger partial charge on any atom is 1.00 e. The van der Waals surface area contributed by atoms with Crippen molar-refractivity contribution in [3.63, 3.8) is 0 Å². The molecule has 1 aromatic rings. The molecule has 21 heavy (non-hydrogen) atoms. The van der Waals surface area contributed by atoms with Crippen LogP contribution in [0.5, 0.6) is 0 Å². The predicted molar refractivity (Wildman–Crippen MR) is 55.6 cm³/mol. The maximum absolute atomic E-state index is 10.7. The average molecular weight is 536 g/mol. The molecule has 130 valence electrons. The zero-order chi connectivity index (χ0) is 15.3. The van der Waals surface area contributed by atoms with Crippen LogP contribution in [0.3, 0.4) is 0 Å². The molecule has 0 spiro atoms. The van der Waals surface area contributed by atoms with E-state index in [0.717, 1.165) is 0 Å². The van der Waals surface area contributed by atoms with Crippen molar-refractivity contribution in [2.75, 3.05) is 0 Å². The van der Waals surface area contributed by atoms with Crippen molar-refractivity contribution < 1.29 is 83.9 Å². The van der Waals surface area contributed by atoms with E-state index in [4.69, 9.17) is 13.0 Å². The Bertz CT molecular complexity index is 601. The van der Waals surface area contributed by atoms with Crippen molar-refractivity contribution in [2.45, 2.75) is 11.3 Å². The van der Waals surface area contributed by atoms with Crippen LogP contribution >= 0.6 is 0 Å². The summed E-state index contributed by atoms with van der Waals surface area (Å²) in [6.07, 6.45) is 0. The molecular weight excluding hydrogens is 529 g/mol. The van der Waals surface area contributed by atoms with E-state index in [1.807, 2.05) is 0 Å². The van der Waals surface area contributed by atoms with Gasteiger partial charge in [0.05, 0.1) is 15.9 Å². The molecule has 0 aliphatic carbocycles. The molecule has 0 fully saturated rings. The first-order valence-corrected chi connectivity index (χ1v) is 7.31. The molecule has 0 saturated heterocycles. The fourth-order valence-corrected chi connectivity index (χ4v) is 1.38. The van der Waals surface area contributed by atoms with Gasteiger partial charge >= 0.3 is 50.3 Å². The molecule has 0 bridgehead atoms. The minimum atomic E-state index is -6.09. The Kier molecular flexibility index (Phi) is 12.7. The van der Waals surface area contributed by atoms with Gasteiger partial charge in [-0.15, -0.1) is 0 Å². The summed E-state index contributed by atoms with van der Waals surface area (Å²) in [5.41, 5.74) is -5.12. The Hall–Kier alpha value is 0.311. The van der Waals surface area contributed by atoms with Gasteiger partial charge in [0.2, 0.25) is 0 Å². The zero-order valence-corrected chi connectivity index (χ0v) is 14.2. The molecule has 0 amide bonds. The van der Waals surface area contributed by atoms with Crippen LogP contribution in [-0.2, 0) is 70.7 Å². The van der Waals surface area contributed by atoms with E-state index in [2.05, 4.69) is 0 Å². The number of halogens is 3. The summed E-state index contributed by atoms with van der Waals surface area (Å²) in [5.74, 6) is -0.423. The summed E-state index contributed by atoms with van der Waals surface area (Å²) in [5, 5.41) is 0. The molecule has 0 aliphatic rings. The smallest absolute Gasteiger partial charge is 0.748 e. The third kappa shape index (κ3) is 13.7. The Morgan fingerprint density at radius 3 is 1.48 bits per heavy atom. The number of benzene rings is 1. The van der Waals surface area contributed by atoms with Gasteiger partial charge in [-0.3, -0.25) is 0 Å². The first-order chi connectivity index (χ1) is 8.33. The largest absolute Gasteiger partial charge is 1.00 e. The summed E-state index contributed by atoms with van der Waals surface area (Å²) >= 11 is 0. The van der Waals surface area contributed by atoms with Crippen LogP contribution in [-0.4, -0.2) is 31.4 Å². The summed E-state index contributed by atoms with van der Waals surface area (Å²) in [7, 11) is -10.2. The Labute approximate surface area is 150 Å². The minimum absolute atomic E-state index is 0. The second kappa shape index (κ2) is 10.2. The first kappa shape index (κ1) is 26.2. The summed E-state index contributed by atoms with van der Waals surface area (Å²) < 4.78 is 89.6. The maximum atomic E-state index is 10.7. The summed E-state index contributed by atoms with van der Waals surface area (Å²) in [6, 6.07) is 8.37. The van der Waals surface area contributed by atoms with Gasteiger partial charge in [0.25, 0.3) is 0 Å². The second-order valence-electron chi connectivity index (χ2n) is 3.09. The van der Waals surface area contributed by atoms with Crippen molar-refractivity contribution >= 4 is 20.2 Å². The van der Waals surface area contributed by atoms with Crippen molar-refractivity contribution in [3.05, 3.63) is 35.9 Å². The van der Waals surface area contributed by atoms with Crippen LogP contribution in [0.15, 0.2) is 30.3 Å². The second-order valence-corrected chi connectivity index (χ2v) is 5.86. The van der Waals surface area contributed by atoms with Crippen LogP contribution in [0, 0.1) is 0 Å². The zero-order valence-electron chi connectivity index (χ0n) is 9.60. The number of rotatable bonds is 2. The van der Waals surface area contributed by atoms with Gasteiger partial charge in [-0.25, -0.2) is 16.8 Å². The number of alkyl halides is 3. The van der Waals surface area contributed by atoms with Gasteiger partial charge in [-0.1, -0.05) is 30.3 Å². The minimum Gasteiger partial charge on any atom is -0.748 e. The summed E-state index contributed by atoms with van der Waals surface area (Å²) in [6.45, 7) is 0. The molecule has 1 rings (SSSR count). The molecule has 0 N–H and O–H groups in total. The fraction of sp³-hybridized carbons (Fsp3) is 0.250. The normalized spacial score (nSPS) is 11.3. The van der Waals surface area contributed by atoms with Crippen LogP contribution in [0.25, 0.3) is 0 Å². The van der Waals surface area contributed by atoms with Crippen molar-refractivity contribution in [1.82, 2.24) is 0 Å². The van der Waals surface area contributed by atoms with Gasteiger partial charge in [-0.2, -0.15) is 13.2 Å². The molecule has 6 nitrogen and oxygen atoms in total. The fourth-order valence-electron chi connectivity index (χ4n) is 0.778. The van der Waals surface area contributed by atoms with Crippen LogP contribution in [0.1, 0.15) is 5.56 Å². The molecule has 13 heteroatoms. The van der Waals surface area contributed by atoms with Crippen LogP contribution < -0.4 is 0 Å². The number of hydrogen-bond donors (Lipinski definition) is 0. The molecule has 0 aliphatic heterocycles. The van der Waals surface area contributed by atoms with E-state index < -0.39 is 31.5 Å². The monoisotopic (exact) mass is 534 g/mol. The molecule has 0 atom stereocenters. The molecule has 0 heterocycles. The third-order valence-electron chi connectivity index (χ3n) is 1.47. The van der Waals surface area contributed by atoms with Crippen LogP contribution in [0.4, 0.5) is 13.2 Å². The predicted octanol–water partition coefficient (Wildman–Crippen LogP) is 0.778. The average Bonchev–Trinajstić information content (AvgIpc) is 2.14. The Morgan fingerprint density at radius 2 is 1.24 bits per heavy atom. The topological polar surface area (TPSA) is 114 Å². The molecule has 1 aromatic carbocycles. The van der Waals surface area contributed by atoms with Gasteiger partial charge in [0.15, 0.2) is 10.1 Å². The van der Waals surface area contributed by atoms with E-state index in [9.17, 15) is 26.1 Å². The van der Waals surface area contributed by atoms with Crippen molar-refractivity contribution in [1.29, 1.82) is 0 Å². The SMILES string of the molecule is O=S(=O)([O-])C(F)(F)F.O=S(=O)([O-])Cc1ccccc1.[Ag+].[Ag+]. The molecule has 0 saturated carbocycles. The van der Waals surface area contributed by atoms with E-state index in [-0.39, 0.29) is 44.8 Å². The Balaban J connectivity index is -0.000000295. The van der Waals surface area contributed by atoms with Gasteiger partial charge < -0.3 is 9.11 Å². The van der Waals surface area contributed by atoms with Crippen LogP contribution in [0.2, 0.25) is 0 Å². The van der Waals surface area contributed by atoms with Crippen molar-refractivity contribution in [2.24, 2.45) is 0 Å². The number of hydrogen-bond acceptors (Lipinski definition) is 6. The quantitative estimate of drug-likeness (QED) is 0.314. The Morgan fingerprint density at radius 1 is 0.905 bits per heavy atom. The van der Waals surface area contributed by atoms with Gasteiger partial charge in [0.1, 0.15) is 0 Å². The molecule has 0 radical (unpaired) electrons. The van der Waals surface area contributed by atoms with Crippen molar-refractivity contribution in [3.8, 4) is 0 Å². The van der Waals surface area contributed by atoms with E-state index in [1.165, 1.54) is 0 Å². The molecule has 0 aromatic heterocycles. The molecule has 0 unspecified atom stereocenters. The first-order valence-electron chi connectivity index (χ1n) is 4.32. The van der Waals surface area contributed by atoms with E-state index in [1.54, 1.807) is 30.3 Å². The molecular formula is C8H7Ag2F3O6S2. The van der Waals surface area contributed by atoms with E-state index in [0.29, 0.717) is 5.56 Å². The standard InChI is InChI=1S/C7H8O3S.CHF3O3S.2Ag/c8-11(9,10)6-7-4-2-1-3-5-7;2-1(3,4)8(5,6)7;;/h1-5H,6H2,(H,8,9,10);(H,5,6,7);;/q;;2*+1/p-2. The van der Waals surface area contributed by atoms with E-state index >= 15 is 0 Å². The summed E-state index contributed by atoms with van der Waals surface area (Å²) in [4.78, 5) is 0. The third-order valence-corrected chi connectivity index (χ3v) is 2.72.